The van der Waals surface area contributed by atoms with E-state index in [-0.39, 0.29) is 24.0 Å². The molecule has 138 valence electrons. The monoisotopic (exact) mass is 470 g/mol. The molecule has 0 bridgehead atoms. The number of hydrogen-bond donors (Lipinski definition) is 3. The first kappa shape index (κ1) is 22.9. The van der Waals surface area contributed by atoms with Gasteiger partial charge < -0.3 is 15.4 Å². The fourth-order valence-electron chi connectivity index (χ4n) is 2.00. The van der Waals surface area contributed by atoms with Gasteiger partial charge in [-0.05, 0) is 24.5 Å². The van der Waals surface area contributed by atoms with Gasteiger partial charge in [0.2, 0.25) is 10.0 Å². The van der Waals surface area contributed by atoms with Crippen molar-refractivity contribution in [1.29, 1.82) is 0 Å². The Morgan fingerprint density at radius 2 is 1.83 bits per heavy atom. The summed E-state index contributed by atoms with van der Waals surface area (Å²) in [4.78, 5) is 4.13. The van der Waals surface area contributed by atoms with Crippen LogP contribution in [-0.4, -0.2) is 54.4 Å². The second-order valence-electron chi connectivity index (χ2n) is 5.01. The van der Waals surface area contributed by atoms with Crippen LogP contribution >= 0.6 is 24.0 Å². The zero-order valence-electron chi connectivity index (χ0n) is 14.3. The molecule has 3 N–H and O–H groups in total. The van der Waals surface area contributed by atoms with Crippen LogP contribution in [-0.2, 0) is 16.4 Å². The van der Waals surface area contributed by atoms with Crippen molar-refractivity contribution in [3.63, 3.8) is 0 Å². The van der Waals surface area contributed by atoms with Crippen LogP contribution in [0.3, 0.4) is 0 Å². The van der Waals surface area contributed by atoms with Gasteiger partial charge in [-0.3, -0.25) is 4.99 Å². The van der Waals surface area contributed by atoms with Crippen molar-refractivity contribution in [1.82, 2.24) is 15.4 Å². The topological polar surface area (TPSA) is 91.8 Å². The molecule has 0 radical (unpaired) electrons. The maximum absolute atomic E-state index is 10.9. The number of guanidine groups is 1. The second kappa shape index (κ2) is 12.3. The molecule has 1 aromatic rings. The average Bonchev–Trinajstić information content (AvgIpc) is 2.52. The molecule has 0 atom stereocenters. The van der Waals surface area contributed by atoms with Crippen LogP contribution < -0.4 is 20.1 Å². The number of sulfonamides is 1. The molecule has 0 amide bonds. The van der Waals surface area contributed by atoms with Gasteiger partial charge >= 0.3 is 0 Å². The number of para-hydroxylation sites is 1. The van der Waals surface area contributed by atoms with Gasteiger partial charge in [-0.15, -0.1) is 24.0 Å². The summed E-state index contributed by atoms with van der Waals surface area (Å²) in [6.45, 7) is 1.77. The van der Waals surface area contributed by atoms with E-state index in [0.29, 0.717) is 25.5 Å². The lowest BCUT2D eigenvalue weighted by Crippen LogP contribution is -2.39. The predicted octanol–water partition coefficient (Wildman–Crippen LogP) is 0.960. The van der Waals surface area contributed by atoms with E-state index in [0.717, 1.165) is 30.5 Å². The number of nitrogens with zero attached hydrogens (tertiary/aromatic N) is 1. The Labute approximate surface area is 161 Å². The molecule has 1 aromatic carbocycles. The molecule has 0 fully saturated rings. The third-order valence-electron chi connectivity index (χ3n) is 3.11. The van der Waals surface area contributed by atoms with Gasteiger partial charge in [-0.2, -0.15) is 0 Å². The number of halogens is 1. The fraction of sp³-hybridized carbons (Fsp3) is 0.533. The third kappa shape index (κ3) is 9.93. The summed E-state index contributed by atoms with van der Waals surface area (Å²) >= 11 is 0. The summed E-state index contributed by atoms with van der Waals surface area (Å²) in [6.07, 6.45) is 2.65. The minimum Gasteiger partial charge on any atom is -0.496 e. The first-order chi connectivity index (χ1) is 11.0. The highest BCUT2D eigenvalue weighted by molar-refractivity contribution is 14.0. The molecule has 0 saturated carbocycles. The second-order valence-corrected chi connectivity index (χ2v) is 6.84. The molecule has 0 spiro atoms. The van der Waals surface area contributed by atoms with Crippen molar-refractivity contribution < 1.29 is 13.2 Å². The average molecular weight is 470 g/mol. The van der Waals surface area contributed by atoms with E-state index in [4.69, 9.17) is 4.74 Å². The van der Waals surface area contributed by atoms with Crippen LogP contribution in [0.15, 0.2) is 29.3 Å². The van der Waals surface area contributed by atoms with E-state index >= 15 is 0 Å². The molecule has 9 heteroatoms. The van der Waals surface area contributed by atoms with Crippen molar-refractivity contribution in [2.75, 3.05) is 40.0 Å². The maximum Gasteiger partial charge on any atom is 0.208 e. The SMILES string of the molecule is CN=C(NCCCNS(C)(=O)=O)NCCc1ccccc1OC.I. The first-order valence-electron chi connectivity index (χ1n) is 7.47. The largest absolute Gasteiger partial charge is 0.496 e. The molecule has 0 saturated heterocycles. The highest BCUT2D eigenvalue weighted by atomic mass is 127. The van der Waals surface area contributed by atoms with E-state index < -0.39 is 10.0 Å². The van der Waals surface area contributed by atoms with Crippen LogP contribution in [0.1, 0.15) is 12.0 Å². The van der Waals surface area contributed by atoms with E-state index in [1.54, 1.807) is 14.2 Å². The lowest BCUT2D eigenvalue weighted by molar-refractivity contribution is 0.409. The molecule has 1 rings (SSSR count). The van der Waals surface area contributed by atoms with Crippen LogP contribution in [0, 0.1) is 0 Å². The maximum atomic E-state index is 10.9. The number of ether oxygens (including phenoxy) is 1. The van der Waals surface area contributed by atoms with E-state index in [9.17, 15) is 8.42 Å². The molecule has 0 heterocycles. The number of rotatable bonds is 9. The number of methoxy groups -OCH3 is 1. The van der Waals surface area contributed by atoms with Crippen LogP contribution in [0.2, 0.25) is 0 Å². The zero-order valence-corrected chi connectivity index (χ0v) is 17.5. The lowest BCUT2D eigenvalue weighted by atomic mass is 10.1. The quantitative estimate of drug-likeness (QED) is 0.217. The molecular weight excluding hydrogens is 443 g/mol. The van der Waals surface area contributed by atoms with Gasteiger partial charge in [0.1, 0.15) is 5.75 Å². The predicted molar refractivity (Wildman–Crippen MR) is 109 cm³/mol. The van der Waals surface area contributed by atoms with Crippen LogP contribution in [0.25, 0.3) is 0 Å². The van der Waals surface area contributed by atoms with E-state index in [1.807, 2.05) is 24.3 Å². The van der Waals surface area contributed by atoms with E-state index in [1.165, 1.54) is 0 Å². The minimum absolute atomic E-state index is 0. The summed E-state index contributed by atoms with van der Waals surface area (Å²) in [5.41, 5.74) is 1.13. The summed E-state index contributed by atoms with van der Waals surface area (Å²) in [6, 6.07) is 7.91. The fourth-order valence-corrected chi connectivity index (χ4v) is 2.51. The smallest absolute Gasteiger partial charge is 0.208 e. The molecule has 0 aliphatic rings. The lowest BCUT2D eigenvalue weighted by Gasteiger charge is -2.13. The van der Waals surface area contributed by atoms with Gasteiger partial charge in [0.25, 0.3) is 0 Å². The van der Waals surface area contributed by atoms with Crippen LogP contribution in [0.5, 0.6) is 5.75 Å². The molecule has 0 unspecified atom stereocenters. The summed E-state index contributed by atoms with van der Waals surface area (Å²) in [7, 11) is 0.248. The highest BCUT2D eigenvalue weighted by Crippen LogP contribution is 2.17. The van der Waals surface area contributed by atoms with Gasteiger partial charge in [0, 0.05) is 26.7 Å². The molecule has 0 aliphatic carbocycles. The van der Waals surface area contributed by atoms with Crippen LogP contribution in [0.4, 0.5) is 0 Å². The minimum atomic E-state index is -3.12. The van der Waals surface area contributed by atoms with E-state index in [2.05, 4.69) is 20.3 Å². The van der Waals surface area contributed by atoms with Gasteiger partial charge in [-0.1, -0.05) is 18.2 Å². The molecular formula is C15H27IN4O3S. The summed E-state index contributed by atoms with van der Waals surface area (Å²) in [5.74, 6) is 1.57. The summed E-state index contributed by atoms with van der Waals surface area (Å²) in [5, 5.41) is 6.36. The summed E-state index contributed by atoms with van der Waals surface area (Å²) < 4.78 is 29.6. The highest BCUT2D eigenvalue weighted by Gasteiger charge is 2.03. The Balaban J connectivity index is 0.00000529. The normalized spacial score (nSPS) is 11.5. The first-order valence-corrected chi connectivity index (χ1v) is 9.36. The van der Waals surface area contributed by atoms with Gasteiger partial charge in [-0.25, -0.2) is 13.1 Å². The standard InChI is InChI=1S/C15H26N4O3S.HI/c1-16-15(17-10-6-11-19-23(3,20)21)18-12-9-13-7-4-5-8-14(13)22-2;/h4-5,7-8,19H,6,9-12H2,1-3H3,(H2,16,17,18);1H. The van der Waals surface area contributed by atoms with Crippen molar-refractivity contribution in [3.8, 4) is 5.75 Å². The molecule has 0 aliphatic heterocycles. The Morgan fingerprint density at radius 1 is 1.17 bits per heavy atom. The number of aliphatic imine (C=N–C) groups is 1. The van der Waals surface area contributed by atoms with Crippen molar-refractivity contribution in [2.45, 2.75) is 12.8 Å². The van der Waals surface area contributed by atoms with Crippen molar-refractivity contribution in [3.05, 3.63) is 29.8 Å². The molecule has 7 nitrogen and oxygen atoms in total. The number of benzene rings is 1. The van der Waals surface area contributed by atoms with Crippen molar-refractivity contribution >= 4 is 40.0 Å². The zero-order chi connectivity index (χ0) is 17.1. The Hall–Kier alpha value is -1.07. The Bertz CT molecular complexity index is 608. The van der Waals surface area contributed by atoms with Gasteiger partial charge in [0.05, 0.1) is 13.4 Å². The third-order valence-corrected chi connectivity index (χ3v) is 3.84. The molecule has 0 aromatic heterocycles. The Kier molecular flexibility index (Phi) is 11.8. The Morgan fingerprint density at radius 3 is 2.46 bits per heavy atom. The van der Waals surface area contributed by atoms with Gasteiger partial charge in [0.15, 0.2) is 5.96 Å². The van der Waals surface area contributed by atoms with Crippen molar-refractivity contribution in [2.24, 2.45) is 4.99 Å². The number of hydrogen-bond acceptors (Lipinski definition) is 4. The number of nitrogens with one attached hydrogen (secondary N) is 3. The molecule has 24 heavy (non-hydrogen) atoms.